The van der Waals surface area contributed by atoms with Crippen LogP contribution in [0.5, 0.6) is 0 Å². The molecule has 1 aliphatic rings. The first-order chi connectivity index (χ1) is 10.0. The largest absolute Gasteiger partial charge is 0.321 e. The molecule has 0 bridgehead atoms. The van der Waals surface area contributed by atoms with Gasteiger partial charge in [-0.15, -0.1) is 0 Å². The molecule has 2 rings (SSSR count). The summed E-state index contributed by atoms with van der Waals surface area (Å²) in [6.07, 6.45) is 2.40. The Morgan fingerprint density at radius 3 is 2.67 bits per heavy atom. The molecule has 1 aliphatic heterocycles. The van der Waals surface area contributed by atoms with Crippen molar-refractivity contribution in [2.24, 2.45) is 5.92 Å². The van der Waals surface area contributed by atoms with Gasteiger partial charge in [-0.2, -0.15) is 0 Å². The Labute approximate surface area is 126 Å². The molecule has 1 N–H and O–H groups in total. The van der Waals surface area contributed by atoms with Crippen molar-refractivity contribution >= 4 is 5.91 Å². The number of nitrogens with one attached hydrogen (secondary N) is 1. The number of benzene rings is 1. The number of rotatable bonds is 6. The first-order valence-electron chi connectivity index (χ1n) is 7.85. The third-order valence-electron chi connectivity index (χ3n) is 3.91. The average molecular weight is 292 g/mol. The van der Waals surface area contributed by atoms with E-state index < -0.39 is 0 Å². The lowest BCUT2D eigenvalue weighted by Gasteiger charge is -2.24. The van der Waals surface area contributed by atoms with Crippen LogP contribution < -0.4 is 5.32 Å². The van der Waals surface area contributed by atoms with Crippen LogP contribution >= 0.6 is 0 Å². The van der Waals surface area contributed by atoms with E-state index in [1.807, 2.05) is 6.07 Å². The topological polar surface area (TPSA) is 32.3 Å². The summed E-state index contributed by atoms with van der Waals surface area (Å²) < 4.78 is 14.1. The minimum Gasteiger partial charge on any atom is -0.321 e. The van der Waals surface area contributed by atoms with Crippen LogP contribution in [-0.2, 0) is 4.79 Å². The third-order valence-corrected chi connectivity index (χ3v) is 3.91. The van der Waals surface area contributed by atoms with Crippen molar-refractivity contribution in [1.82, 2.24) is 10.2 Å². The first kappa shape index (κ1) is 16.0. The molecule has 0 aromatic heterocycles. The summed E-state index contributed by atoms with van der Waals surface area (Å²) in [5.74, 6) is 0.277. The molecule has 1 heterocycles. The van der Waals surface area contributed by atoms with E-state index in [1.165, 1.54) is 6.07 Å². The monoisotopic (exact) mass is 292 g/mol. The van der Waals surface area contributed by atoms with Crippen molar-refractivity contribution in [2.45, 2.75) is 52.2 Å². The molecular weight excluding hydrogens is 267 g/mol. The maximum absolute atomic E-state index is 14.1. The Kier molecular flexibility index (Phi) is 5.34. The van der Waals surface area contributed by atoms with Gasteiger partial charge in [0, 0.05) is 12.1 Å². The van der Waals surface area contributed by atoms with Gasteiger partial charge in [-0.3, -0.25) is 10.1 Å². The van der Waals surface area contributed by atoms with E-state index in [1.54, 1.807) is 17.0 Å². The number of hydrogen-bond donors (Lipinski definition) is 1. The van der Waals surface area contributed by atoms with Crippen LogP contribution in [0.2, 0.25) is 0 Å². The fourth-order valence-electron chi connectivity index (χ4n) is 2.84. The molecule has 2 unspecified atom stereocenters. The SMILES string of the molecule is CCCCN1C(=O)C(CC(C)C)NC1c1ccccc1F. The van der Waals surface area contributed by atoms with Crippen LogP contribution in [0.25, 0.3) is 0 Å². The molecule has 21 heavy (non-hydrogen) atoms. The van der Waals surface area contributed by atoms with Gasteiger partial charge in [0.05, 0.1) is 6.04 Å². The molecule has 1 saturated heterocycles. The molecule has 4 heteroatoms. The number of halogens is 1. The van der Waals surface area contributed by atoms with E-state index in [0.29, 0.717) is 18.0 Å². The molecule has 1 aromatic carbocycles. The highest BCUT2D eigenvalue weighted by Crippen LogP contribution is 2.29. The molecule has 0 spiro atoms. The molecular formula is C17H25FN2O. The number of carbonyl (C=O) groups is 1. The lowest BCUT2D eigenvalue weighted by Crippen LogP contribution is -2.32. The summed E-state index contributed by atoms with van der Waals surface area (Å²) in [4.78, 5) is 14.4. The second-order valence-corrected chi connectivity index (χ2v) is 6.16. The predicted octanol–water partition coefficient (Wildman–Crippen LogP) is 3.47. The zero-order valence-corrected chi connectivity index (χ0v) is 13.1. The van der Waals surface area contributed by atoms with E-state index in [2.05, 4.69) is 26.1 Å². The zero-order chi connectivity index (χ0) is 15.4. The summed E-state index contributed by atoms with van der Waals surface area (Å²) in [7, 11) is 0. The van der Waals surface area contributed by atoms with Gasteiger partial charge in [0.25, 0.3) is 0 Å². The quantitative estimate of drug-likeness (QED) is 0.870. The fourth-order valence-corrected chi connectivity index (χ4v) is 2.84. The highest BCUT2D eigenvalue weighted by Gasteiger charge is 2.40. The minimum atomic E-state index is -0.339. The molecule has 0 radical (unpaired) electrons. The Morgan fingerprint density at radius 1 is 1.33 bits per heavy atom. The molecule has 0 saturated carbocycles. The first-order valence-corrected chi connectivity index (χ1v) is 7.85. The number of nitrogens with zero attached hydrogens (tertiary/aromatic N) is 1. The summed E-state index contributed by atoms with van der Waals surface area (Å²) in [5.41, 5.74) is 0.563. The van der Waals surface area contributed by atoms with Crippen LogP contribution in [0.3, 0.4) is 0 Å². The van der Waals surface area contributed by atoms with Crippen molar-refractivity contribution in [2.75, 3.05) is 6.54 Å². The summed E-state index contributed by atoms with van der Waals surface area (Å²) in [6, 6.07) is 6.51. The number of hydrogen-bond acceptors (Lipinski definition) is 2. The van der Waals surface area contributed by atoms with Crippen molar-refractivity contribution in [3.63, 3.8) is 0 Å². The van der Waals surface area contributed by atoms with Crippen LogP contribution in [-0.4, -0.2) is 23.4 Å². The van der Waals surface area contributed by atoms with Gasteiger partial charge >= 0.3 is 0 Å². The maximum atomic E-state index is 14.1. The number of carbonyl (C=O) groups excluding carboxylic acids is 1. The number of unbranched alkanes of at least 4 members (excludes halogenated alkanes) is 1. The molecule has 1 amide bonds. The molecule has 2 atom stereocenters. The van der Waals surface area contributed by atoms with Gasteiger partial charge in [0.2, 0.25) is 5.91 Å². The van der Waals surface area contributed by atoms with Gasteiger partial charge in [-0.05, 0) is 24.8 Å². The number of amides is 1. The summed E-state index contributed by atoms with van der Waals surface area (Å²) in [6.45, 7) is 6.97. The van der Waals surface area contributed by atoms with Gasteiger partial charge in [-0.25, -0.2) is 4.39 Å². The molecule has 3 nitrogen and oxygen atoms in total. The van der Waals surface area contributed by atoms with Gasteiger partial charge < -0.3 is 4.90 Å². The molecule has 0 aliphatic carbocycles. The zero-order valence-electron chi connectivity index (χ0n) is 13.1. The van der Waals surface area contributed by atoms with Crippen molar-refractivity contribution < 1.29 is 9.18 Å². The van der Waals surface area contributed by atoms with Crippen molar-refractivity contribution in [3.8, 4) is 0 Å². The summed E-state index contributed by atoms with van der Waals surface area (Å²) >= 11 is 0. The Bertz CT molecular complexity index is 489. The Hall–Kier alpha value is -1.42. The average Bonchev–Trinajstić information content (AvgIpc) is 2.73. The highest BCUT2D eigenvalue weighted by atomic mass is 19.1. The predicted molar refractivity (Wildman–Crippen MR) is 82.1 cm³/mol. The maximum Gasteiger partial charge on any atom is 0.241 e. The molecule has 1 fully saturated rings. The van der Waals surface area contributed by atoms with Crippen LogP contribution in [0.15, 0.2) is 24.3 Å². The minimum absolute atomic E-state index is 0.102. The highest BCUT2D eigenvalue weighted by molar-refractivity contribution is 5.84. The van der Waals surface area contributed by atoms with E-state index >= 15 is 0 Å². The van der Waals surface area contributed by atoms with E-state index in [4.69, 9.17) is 0 Å². The lowest BCUT2D eigenvalue weighted by atomic mass is 10.0. The summed E-state index contributed by atoms with van der Waals surface area (Å²) in [5, 5.41) is 3.32. The Balaban J connectivity index is 2.24. The second kappa shape index (κ2) is 7.03. The van der Waals surface area contributed by atoms with Gasteiger partial charge in [0.1, 0.15) is 12.0 Å². The van der Waals surface area contributed by atoms with Crippen LogP contribution in [0, 0.1) is 11.7 Å². The normalized spacial score (nSPS) is 22.3. The second-order valence-electron chi connectivity index (χ2n) is 6.16. The standard InChI is InChI=1S/C17H25FN2O/c1-4-5-10-20-16(13-8-6-7-9-14(13)18)19-15(17(20)21)11-12(2)3/h6-9,12,15-16,19H,4-5,10-11H2,1-3H3. The van der Waals surface area contributed by atoms with Crippen LogP contribution in [0.4, 0.5) is 4.39 Å². The van der Waals surface area contributed by atoms with E-state index in [9.17, 15) is 9.18 Å². The third kappa shape index (κ3) is 3.62. The molecule has 1 aromatic rings. The van der Waals surface area contributed by atoms with Crippen molar-refractivity contribution in [3.05, 3.63) is 35.6 Å². The fraction of sp³-hybridized carbons (Fsp3) is 0.588. The van der Waals surface area contributed by atoms with E-state index in [0.717, 1.165) is 19.3 Å². The Morgan fingerprint density at radius 2 is 2.05 bits per heavy atom. The van der Waals surface area contributed by atoms with E-state index in [-0.39, 0.29) is 23.9 Å². The molecule has 116 valence electrons. The smallest absolute Gasteiger partial charge is 0.241 e. The van der Waals surface area contributed by atoms with Gasteiger partial charge in [0.15, 0.2) is 0 Å². The van der Waals surface area contributed by atoms with Gasteiger partial charge in [-0.1, -0.05) is 45.4 Å². The van der Waals surface area contributed by atoms with Crippen molar-refractivity contribution in [1.29, 1.82) is 0 Å². The van der Waals surface area contributed by atoms with Crippen LogP contribution in [0.1, 0.15) is 51.8 Å². The lowest BCUT2D eigenvalue weighted by molar-refractivity contribution is -0.130.